The quantitative estimate of drug-likeness (QED) is 0.694. The molecule has 0 spiro atoms. The third-order valence-electron chi connectivity index (χ3n) is 3.45. The van der Waals surface area contributed by atoms with Crippen LogP contribution in [-0.2, 0) is 11.2 Å². The first-order chi connectivity index (χ1) is 10.7. The lowest BCUT2D eigenvalue weighted by Crippen LogP contribution is -2.19. The van der Waals surface area contributed by atoms with Crippen LogP contribution in [0.3, 0.4) is 0 Å². The van der Waals surface area contributed by atoms with E-state index in [9.17, 15) is 15.0 Å². The number of anilines is 1. The van der Waals surface area contributed by atoms with Crippen molar-refractivity contribution in [2.45, 2.75) is 40.5 Å². The van der Waals surface area contributed by atoms with Gasteiger partial charge in [-0.3, -0.25) is 9.89 Å². The van der Waals surface area contributed by atoms with Gasteiger partial charge >= 0.3 is 0 Å². The molecule has 0 aliphatic carbocycles. The van der Waals surface area contributed by atoms with E-state index < -0.39 is 0 Å². The van der Waals surface area contributed by atoms with Crippen molar-refractivity contribution in [2.24, 2.45) is 5.41 Å². The molecule has 0 saturated heterocycles. The number of amides is 1. The van der Waals surface area contributed by atoms with Gasteiger partial charge in [-0.25, -0.2) is 0 Å². The van der Waals surface area contributed by atoms with E-state index in [1.165, 1.54) is 12.3 Å². The molecule has 2 rings (SSSR count). The van der Waals surface area contributed by atoms with Gasteiger partial charge in [0, 0.05) is 18.1 Å². The molecule has 0 radical (unpaired) electrons. The Labute approximate surface area is 135 Å². The predicted octanol–water partition coefficient (Wildman–Crippen LogP) is 3.43. The van der Waals surface area contributed by atoms with Crippen molar-refractivity contribution >= 4 is 11.6 Å². The fourth-order valence-electron chi connectivity index (χ4n) is 2.37. The van der Waals surface area contributed by atoms with E-state index in [2.05, 4.69) is 15.5 Å². The van der Waals surface area contributed by atoms with Crippen molar-refractivity contribution in [1.29, 1.82) is 0 Å². The lowest BCUT2D eigenvalue weighted by atomic mass is 9.92. The van der Waals surface area contributed by atoms with E-state index >= 15 is 0 Å². The topological polar surface area (TPSA) is 98.2 Å². The zero-order valence-electron chi connectivity index (χ0n) is 13.9. The smallest absolute Gasteiger partial charge is 0.224 e. The maximum atomic E-state index is 12.1. The molecule has 0 bridgehead atoms. The molecule has 124 valence electrons. The Bertz CT molecular complexity index is 714. The number of nitrogens with zero attached hydrogens (tertiary/aromatic N) is 1. The summed E-state index contributed by atoms with van der Waals surface area (Å²) in [4.78, 5) is 12.1. The van der Waals surface area contributed by atoms with E-state index in [0.717, 1.165) is 0 Å². The first-order valence-electron chi connectivity index (χ1n) is 7.59. The number of nitrogens with one attached hydrogen (secondary N) is 2. The monoisotopic (exact) mass is 317 g/mol. The molecule has 0 aliphatic rings. The van der Waals surface area contributed by atoms with E-state index in [4.69, 9.17) is 0 Å². The van der Waals surface area contributed by atoms with E-state index in [1.807, 2.05) is 27.7 Å². The number of aromatic hydroxyl groups is 2. The SMILES string of the molecule is CCc1cc(-c2[nH]ncc2NC(=O)CC(C)(C)C)c(O)cc1O. The standard InChI is InChI=1S/C17H23N3O3/c1-5-10-6-11(14(22)7-13(10)21)16-12(9-18-20-16)19-15(23)8-17(2,3)4/h6-7,9,21-22H,5,8H2,1-4H3,(H,18,20)(H,19,23). The number of benzene rings is 1. The van der Waals surface area contributed by atoms with Gasteiger partial charge in [-0.2, -0.15) is 5.10 Å². The zero-order valence-corrected chi connectivity index (χ0v) is 13.9. The molecule has 1 aromatic carbocycles. The molecule has 1 heterocycles. The van der Waals surface area contributed by atoms with Gasteiger partial charge in [0.15, 0.2) is 0 Å². The van der Waals surface area contributed by atoms with Crippen LogP contribution in [0, 0.1) is 5.41 Å². The highest BCUT2D eigenvalue weighted by Crippen LogP contribution is 2.37. The second kappa shape index (κ2) is 6.32. The molecule has 1 aromatic heterocycles. The highest BCUT2D eigenvalue weighted by Gasteiger charge is 2.19. The van der Waals surface area contributed by atoms with Gasteiger partial charge in [0.05, 0.1) is 17.6 Å². The summed E-state index contributed by atoms with van der Waals surface area (Å²) in [6.45, 7) is 7.88. The van der Waals surface area contributed by atoms with Crippen molar-refractivity contribution in [1.82, 2.24) is 10.2 Å². The van der Waals surface area contributed by atoms with Gasteiger partial charge in [-0.1, -0.05) is 27.7 Å². The van der Waals surface area contributed by atoms with Crippen molar-refractivity contribution in [3.8, 4) is 22.8 Å². The summed E-state index contributed by atoms with van der Waals surface area (Å²) in [7, 11) is 0. The summed E-state index contributed by atoms with van der Waals surface area (Å²) in [5.41, 5.74) is 2.09. The molecular weight excluding hydrogens is 294 g/mol. The molecule has 23 heavy (non-hydrogen) atoms. The van der Waals surface area contributed by atoms with Crippen molar-refractivity contribution in [3.63, 3.8) is 0 Å². The van der Waals surface area contributed by atoms with Crippen LogP contribution in [0.5, 0.6) is 11.5 Å². The highest BCUT2D eigenvalue weighted by atomic mass is 16.3. The predicted molar refractivity (Wildman–Crippen MR) is 89.4 cm³/mol. The number of hydrogen-bond acceptors (Lipinski definition) is 4. The number of carbonyl (C=O) groups is 1. The molecule has 4 N–H and O–H groups in total. The zero-order chi connectivity index (χ0) is 17.2. The van der Waals surface area contributed by atoms with Gasteiger partial charge in [-0.15, -0.1) is 0 Å². The van der Waals surface area contributed by atoms with E-state index in [-0.39, 0.29) is 22.8 Å². The molecule has 0 saturated carbocycles. The summed E-state index contributed by atoms with van der Waals surface area (Å²) in [6, 6.07) is 2.99. The fourth-order valence-corrected chi connectivity index (χ4v) is 2.37. The molecular formula is C17H23N3O3. The average Bonchev–Trinajstić information content (AvgIpc) is 2.84. The molecule has 1 amide bonds. The van der Waals surface area contributed by atoms with Crippen LogP contribution in [0.15, 0.2) is 18.3 Å². The summed E-state index contributed by atoms with van der Waals surface area (Å²) in [5.74, 6) is -0.143. The van der Waals surface area contributed by atoms with Crippen LogP contribution >= 0.6 is 0 Å². The Morgan fingerprint density at radius 3 is 2.57 bits per heavy atom. The van der Waals surface area contributed by atoms with E-state index in [1.54, 1.807) is 6.07 Å². The Kier molecular flexibility index (Phi) is 4.63. The number of aromatic amines is 1. The third kappa shape index (κ3) is 4.03. The Hall–Kier alpha value is -2.50. The second-order valence-electron chi connectivity index (χ2n) is 6.80. The molecule has 0 fully saturated rings. The maximum absolute atomic E-state index is 12.1. The highest BCUT2D eigenvalue weighted by molar-refractivity contribution is 5.95. The minimum absolute atomic E-state index is 0.0478. The van der Waals surface area contributed by atoms with Crippen LogP contribution in [0.1, 0.15) is 39.7 Å². The molecule has 0 aliphatic heterocycles. The fraction of sp³-hybridized carbons (Fsp3) is 0.412. The van der Waals surface area contributed by atoms with Crippen LogP contribution in [-0.4, -0.2) is 26.3 Å². The van der Waals surface area contributed by atoms with Crippen molar-refractivity contribution in [2.75, 3.05) is 5.32 Å². The third-order valence-corrected chi connectivity index (χ3v) is 3.45. The molecule has 6 heteroatoms. The minimum atomic E-state index is -0.121. The number of aromatic nitrogens is 2. The van der Waals surface area contributed by atoms with Crippen LogP contribution in [0.25, 0.3) is 11.3 Å². The van der Waals surface area contributed by atoms with Gasteiger partial charge in [-0.05, 0) is 23.5 Å². The Morgan fingerprint density at radius 1 is 1.26 bits per heavy atom. The van der Waals surface area contributed by atoms with Gasteiger partial charge in [0.1, 0.15) is 11.5 Å². The number of H-pyrrole nitrogens is 1. The summed E-state index contributed by atoms with van der Waals surface area (Å²) in [5, 5.41) is 29.5. The summed E-state index contributed by atoms with van der Waals surface area (Å²) < 4.78 is 0. The Morgan fingerprint density at radius 2 is 1.96 bits per heavy atom. The number of rotatable bonds is 4. The molecule has 0 unspecified atom stereocenters. The maximum Gasteiger partial charge on any atom is 0.224 e. The first-order valence-corrected chi connectivity index (χ1v) is 7.59. The van der Waals surface area contributed by atoms with Crippen LogP contribution < -0.4 is 5.32 Å². The summed E-state index contributed by atoms with van der Waals surface area (Å²) >= 11 is 0. The number of phenols is 2. The van der Waals surface area contributed by atoms with Gasteiger partial charge in [0.25, 0.3) is 0 Å². The van der Waals surface area contributed by atoms with Gasteiger partial charge in [0.2, 0.25) is 5.91 Å². The lowest BCUT2D eigenvalue weighted by molar-refractivity contribution is -0.117. The normalized spacial score (nSPS) is 11.5. The molecule has 2 aromatic rings. The molecule has 0 atom stereocenters. The number of phenolic OH excluding ortho intramolecular Hbond substituents is 2. The Balaban J connectivity index is 2.33. The van der Waals surface area contributed by atoms with Crippen molar-refractivity contribution in [3.05, 3.63) is 23.9 Å². The van der Waals surface area contributed by atoms with Crippen LogP contribution in [0.4, 0.5) is 5.69 Å². The van der Waals surface area contributed by atoms with Crippen LogP contribution in [0.2, 0.25) is 0 Å². The number of aryl methyl sites for hydroxylation is 1. The summed E-state index contributed by atoms with van der Waals surface area (Å²) in [6.07, 6.45) is 2.51. The molecule has 6 nitrogen and oxygen atoms in total. The number of hydrogen-bond donors (Lipinski definition) is 4. The van der Waals surface area contributed by atoms with Crippen molar-refractivity contribution < 1.29 is 15.0 Å². The second-order valence-corrected chi connectivity index (χ2v) is 6.80. The first kappa shape index (κ1) is 16.9. The average molecular weight is 317 g/mol. The number of carbonyl (C=O) groups excluding carboxylic acids is 1. The van der Waals surface area contributed by atoms with Gasteiger partial charge < -0.3 is 15.5 Å². The largest absolute Gasteiger partial charge is 0.508 e. The van der Waals surface area contributed by atoms with E-state index in [0.29, 0.717) is 35.3 Å². The minimum Gasteiger partial charge on any atom is -0.508 e. The lowest BCUT2D eigenvalue weighted by Gasteiger charge is -2.17.